The van der Waals surface area contributed by atoms with Crippen LogP contribution >= 0.6 is 0 Å². The molecule has 1 fully saturated rings. The van der Waals surface area contributed by atoms with Crippen LogP contribution in [-0.2, 0) is 11.2 Å². The molecule has 8 nitrogen and oxygen atoms in total. The summed E-state index contributed by atoms with van der Waals surface area (Å²) in [6.45, 7) is 5.23. The monoisotopic (exact) mass is 296 g/mol. The van der Waals surface area contributed by atoms with Crippen molar-refractivity contribution >= 4 is 11.6 Å². The topological polar surface area (TPSA) is 101 Å². The van der Waals surface area contributed by atoms with Crippen LogP contribution in [0.4, 0.5) is 5.69 Å². The third-order valence-electron chi connectivity index (χ3n) is 3.58. The van der Waals surface area contributed by atoms with Crippen LogP contribution < -0.4 is 0 Å². The molecule has 0 radical (unpaired) electrons. The van der Waals surface area contributed by atoms with Crippen molar-refractivity contribution in [1.29, 1.82) is 0 Å². The van der Waals surface area contributed by atoms with Crippen molar-refractivity contribution in [3.05, 3.63) is 21.5 Å². The molecule has 0 unspecified atom stereocenters. The zero-order valence-electron chi connectivity index (χ0n) is 12.3. The third-order valence-corrected chi connectivity index (χ3v) is 3.58. The van der Waals surface area contributed by atoms with Crippen molar-refractivity contribution in [2.45, 2.75) is 39.2 Å². The van der Waals surface area contributed by atoms with E-state index in [1.807, 2.05) is 13.8 Å². The number of hydrogen-bond donors (Lipinski definition) is 1. The lowest BCUT2D eigenvalue weighted by atomic mass is 10.1. The van der Waals surface area contributed by atoms with Gasteiger partial charge in [-0.15, -0.1) is 0 Å². The Morgan fingerprint density at radius 1 is 1.57 bits per heavy atom. The van der Waals surface area contributed by atoms with E-state index in [4.69, 9.17) is 4.74 Å². The first kappa shape index (κ1) is 15.4. The molecule has 2 rings (SSSR count). The van der Waals surface area contributed by atoms with E-state index in [-0.39, 0.29) is 17.5 Å². The van der Waals surface area contributed by atoms with Crippen LogP contribution in [0.2, 0.25) is 0 Å². The minimum Gasteiger partial charge on any atom is -0.375 e. The number of nitrogens with zero attached hydrogens (tertiary/aromatic N) is 3. The maximum absolute atomic E-state index is 12.5. The second-order valence-electron chi connectivity index (χ2n) is 5.06. The number of morpholine rings is 1. The van der Waals surface area contributed by atoms with Crippen LogP contribution in [0.3, 0.4) is 0 Å². The molecular formula is C13H20N4O4. The minimum atomic E-state index is -0.528. The molecule has 0 saturated carbocycles. The standard InChI is InChI=1S/C13H20N4O4/c1-3-5-10-12(17(19)20)11(15-14-10)13(18)16-6-7-21-9(4-2)8-16/h9H,3-8H2,1-2H3,(H,14,15)/t9-/m0/s1. The first-order valence-corrected chi connectivity index (χ1v) is 7.20. The van der Waals surface area contributed by atoms with Gasteiger partial charge in [0.25, 0.3) is 5.91 Å². The summed E-state index contributed by atoms with van der Waals surface area (Å²) in [7, 11) is 0. The van der Waals surface area contributed by atoms with E-state index >= 15 is 0 Å². The fourth-order valence-electron chi connectivity index (χ4n) is 2.44. The lowest BCUT2D eigenvalue weighted by Crippen LogP contribution is -2.45. The summed E-state index contributed by atoms with van der Waals surface area (Å²) >= 11 is 0. The van der Waals surface area contributed by atoms with Crippen molar-refractivity contribution in [2.75, 3.05) is 19.7 Å². The van der Waals surface area contributed by atoms with Gasteiger partial charge in [-0.3, -0.25) is 20.0 Å². The molecule has 2 heterocycles. The number of ether oxygens (including phenoxy) is 1. The number of rotatable bonds is 5. The van der Waals surface area contributed by atoms with Crippen LogP contribution in [0.25, 0.3) is 0 Å². The maximum Gasteiger partial charge on any atom is 0.322 e. The summed E-state index contributed by atoms with van der Waals surface area (Å²) in [5, 5.41) is 17.8. The van der Waals surface area contributed by atoms with Crippen molar-refractivity contribution in [1.82, 2.24) is 15.1 Å². The number of aryl methyl sites for hydroxylation is 1. The fourth-order valence-corrected chi connectivity index (χ4v) is 2.44. The Morgan fingerprint density at radius 3 is 2.95 bits per heavy atom. The molecule has 8 heteroatoms. The van der Waals surface area contributed by atoms with Crippen molar-refractivity contribution in [3.8, 4) is 0 Å². The number of amides is 1. The highest BCUT2D eigenvalue weighted by molar-refractivity contribution is 5.96. The highest BCUT2D eigenvalue weighted by atomic mass is 16.6. The van der Waals surface area contributed by atoms with Crippen molar-refractivity contribution < 1.29 is 14.5 Å². The van der Waals surface area contributed by atoms with E-state index in [1.54, 1.807) is 4.90 Å². The summed E-state index contributed by atoms with van der Waals surface area (Å²) in [4.78, 5) is 24.8. The second-order valence-corrected chi connectivity index (χ2v) is 5.06. The van der Waals surface area contributed by atoms with Gasteiger partial charge in [0.1, 0.15) is 5.69 Å². The number of aromatic nitrogens is 2. The number of carbonyl (C=O) groups is 1. The van der Waals surface area contributed by atoms with Gasteiger partial charge >= 0.3 is 5.69 Å². The van der Waals surface area contributed by atoms with Crippen LogP contribution in [-0.4, -0.2) is 51.7 Å². The molecule has 0 bridgehead atoms. The number of carbonyl (C=O) groups excluding carboxylic acids is 1. The molecule has 1 N–H and O–H groups in total. The Hall–Kier alpha value is -1.96. The Morgan fingerprint density at radius 2 is 2.33 bits per heavy atom. The Bertz CT molecular complexity index is 528. The average molecular weight is 296 g/mol. The molecule has 1 aliphatic rings. The second kappa shape index (κ2) is 6.66. The van der Waals surface area contributed by atoms with E-state index < -0.39 is 10.8 Å². The van der Waals surface area contributed by atoms with Gasteiger partial charge in [-0.05, 0) is 12.8 Å². The molecule has 1 aliphatic heterocycles. The van der Waals surface area contributed by atoms with Gasteiger partial charge in [0.2, 0.25) is 5.69 Å². The summed E-state index contributed by atoms with van der Waals surface area (Å²) in [5.74, 6) is -0.401. The molecule has 21 heavy (non-hydrogen) atoms. The molecule has 1 saturated heterocycles. The first-order chi connectivity index (χ1) is 10.1. The summed E-state index contributed by atoms with van der Waals surface area (Å²) in [6, 6.07) is 0. The Labute approximate surface area is 122 Å². The van der Waals surface area contributed by atoms with Gasteiger partial charge in [-0.25, -0.2) is 0 Å². The van der Waals surface area contributed by atoms with Gasteiger partial charge in [0.15, 0.2) is 0 Å². The van der Waals surface area contributed by atoms with Crippen molar-refractivity contribution in [2.24, 2.45) is 0 Å². The van der Waals surface area contributed by atoms with Gasteiger partial charge < -0.3 is 9.64 Å². The van der Waals surface area contributed by atoms with E-state index in [0.29, 0.717) is 31.8 Å². The van der Waals surface area contributed by atoms with Gasteiger partial charge in [0, 0.05) is 13.1 Å². The number of nitrogens with one attached hydrogen (secondary N) is 1. The normalized spacial score (nSPS) is 18.8. The highest BCUT2D eigenvalue weighted by Gasteiger charge is 2.33. The average Bonchev–Trinajstić information content (AvgIpc) is 2.91. The molecule has 1 atom stereocenters. The summed E-state index contributed by atoms with van der Waals surface area (Å²) in [6.07, 6.45) is 2.02. The number of hydrogen-bond acceptors (Lipinski definition) is 5. The van der Waals surface area contributed by atoms with Gasteiger partial charge in [0.05, 0.1) is 17.6 Å². The number of nitro groups is 1. The predicted octanol–water partition coefficient (Wildman–Crippen LogP) is 1.52. The van der Waals surface area contributed by atoms with Crippen molar-refractivity contribution in [3.63, 3.8) is 0 Å². The zero-order valence-corrected chi connectivity index (χ0v) is 12.3. The molecule has 0 spiro atoms. The smallest absolute Gasteiger partial charge is 0.322 e. The van der Waals surface area contributed by atoms with Crippen LogP contribution in [0.5, 0.6) is 0 Å². The molecule has 0 aliphatic carbocycles. The van der Waals surface area contributed by atoms with E-state index in [0.717, 1.165) is 12.8 Å². The highest BCUT2D eigenvalue weighted by Crippen LogP contribution is 2.24. The molecule has 1 aromatic heterocycles. The van der Waals surface area contributed by atoms with Gasteiger partial charge in [-0.2, -0.15) is 5.10 Å². The molecular weight excluding hydrogens is 276 g/mol. The predicted molar refractivity (Wildman–Crippen MR) is 75.2 cm³/mol. The Kier molecular flexibility index (Phi) is 4.89. The fraction of sp³-hybridized carbons (Fsp3) is 0.692. The van der Waals surface area contributed by atoms with Crippen LogP contribution in [0.1, 0.15) is 42.9 Å². The number of aromatic amines is 1. The largest absolute Gasteiger partial charge is 0.375 e. The van der Waals surface area contributed by atoms with E-state index in [2.05, 4.69) is 10.2 Å². The quantitative estimate of drug-likeness (QED) is 0.655. The zero-order chi connectivity index (χ0) is 15.4. The summed E-state index contributed by atoms with van der Waals surface area (Å²) < 4.78 is 5.51. The lowest BCUT2D eigenvalue weighted by molar-refractivity contribution is -0.385. The maximum atomic E-state index is 12.5. The van der Waals surface area contributed by atoms with E-state index in [1.165, 1.54) is 0 Å². The Balaban J connectivity index is 2.24. The van der Waals surface area contributed by atoms with Crippen LogP contribution in [0.15, 0.2) is 0 Å². The van der Waals surface area contributed by atoms with Gasteiger partial charge in [-0.1, -0.05) is 20.3 Å². The van der Waals surface area contributed by atoms with Crippen LogP contribution in [0, 0.1) is 10.1 Å². The summed E-state index contributed by atoms with van der Waals surface area (Å²) in [5.41, 5.74) is 0.118. The molecule has 116 valence electrons. The first-order valence-electron chi connectivity index (χ1n) is 7.20. The van der Waals surface area contributed by atoms with E-state index in [9.17, 15) is 14.9 Å². The third kappa shape index (κ3) is 3.21. The molecule has 1 aromatic rings. The lowest BCUT2D eigenvalue weighted by Gasteiger charge is -2.31. The minimum absolute atomic E-state index is 0.0178. The SMILES string of the molecule is CCCc1[nH]nc(C(=O)N2CCO[C@@H](CC)C2)c1[N+](=O)[O-]. The number of H-pyrrole nitrogens is 1. The molecule has 1 amide bonds. The molecule has 0 aromatic carbocycles.